The van der Waals surface area contributed by atoms with Gasteiger partial charge in [-0.3, -0.25) is 4.79 Å². The molecule has 0 radical (unpaired) electrons. The van der Waals surface area contributed by atoms with Crippen LogP contribution in [0.2, 0.25) is 0 Å². The Balaban J connectivity index is 1.49. The molecule has 2 N–H and O–H groups in total. The first-order chi connectivity index (χ1) is 14.0. The topological polar surface area (TPSA) is 63.2 Å². The lowest BCUT2D eigenvalue weighted by molar-refractivity contribution is 0.0949. The van der Waals surface area contributed by atoms with E-state index in [4.69, 9.17) is 4.74 Å². The second-order valence-corrected chi connectivity index (χ2v) is 6.88. The highest BCUT2D eigenvalue weighted by Gasteiger charge is 2.07. The molecule has 0 aliphatic heterocycles. The van der Waals surface area contributed by atoms with Gasteiger partial charge < -0.3 is 15.4 Å². The van der Waals surface area contributed by atoms with Gasteiger partial charge in [-0.05, 0) is 74.4 Å². The van der Waals surface area contributed by atoms with Crippen LogP contribution in [0.5, 0.6) is 5.75 Å². The van der Waals surface area contributed by atoms with E-state index in [9.17, 15) is 9.18 Å². The first-order valence-electron chi connectivity index (χ1n) is 9.52. The summed E-state index contributed by atoms with van der Waals surface area (Å²) in [6.45, 7) is 4.42. The molecule has 150 valence electrons. The fourth-order valence-electron chi connectivity index (χ4n) is 2.72. The van der Waals surface area contributed by atoms with Gasteiger partial charge in [-0.1, -0.05) is 12.1 Å². The van der Waals surface area contributed by atoms with Gasteiger partial charge in [0.1, 0.15) is 17.3 Å². The summed E-state index contributed by atoms with van der Waals surface area (Å²) in [7, 11) is 0. The van der Waals surface area contributed by atoms with Gasteiger partial charge in [0.05, 0.1) is 18.0 Å². The fraction of sp³-hybridized carbons (Fsp3) is 0.217. The lowest BCUT2D eigenvalue weighted by Gasteiger charge is -2.11. The van der Waals surface area contributed by atoms with E-state index in [-0.39, 0.29) is 17.8 Å². The quantitative estimate of drug-likeness (QED) is 0.581. The number of hydrogen-bond acceptors (Lipinski definition) is 4. The number of carbonyl (C=O) groups is 1. The van der Waals surface area contributed by atoms with Gasteiger partial charge in [-0.15, -0.1) is 0 Å². The third kappa shape index (κ3) is 6.31. The minimum absolute atomic E-state index is 0.132. The molecule has 0 bridgehead atoms. The zero-order chi connectivity index (χ0) is 20.6. The Kier molecular flexibility index (Phi) is 6.79. The minimum Gasteiger partial charge on any atom is -0.491 e. The van der Waals surface area contributed by atoms with Gasteiger partial charge in [0.25, 0.3) is 5.91 Å². The van der Waals surface area contributed by atoms with Crippen molar-refractivity contribution in [2.75, 3.05) is 11.9 Å². The summed E-state index contributed by atoms with van der Waals surface area (Å²) in [6, 6.07) is 17.4. The SMILES string of the molecule is CC(C)Oc1ccc(Nc2ccc(C(=O)NCCc3ccc(F)cc3)nc2)cc1. The van der Waals surface area contributed by atoms with E-state index in [0.717, 1.165) is 22.7 Å². The van der Waals surface area contributed by atoms with Crippen molar-refractivity contribution < 1.29 is 13.9 Å². The first-order valence-corrected chi connectivity index (χ1v) is 9.52. The van der Waals surface area contributed by atoms with Crippen molar-refractivity contribution in [3.63, 3.8) is 0 Å². The smallest absolute Gasteiger partial charge is 0.269 e. The van der Waals surface area contributed by atoms with Crippen LogP contribution < -0.4 is 15.4 Å². The van der Waals surface area contributed by atoms with Crippen LogP contribution in [0.15, 0.2) is 66.9 Å². The van der Waals surface area contributed by atoms with Crippen LogP contribution in [0.1, 0.15) is 29.9 Å². The molecular weight excluding hydrogens is 369 g/mol. The predicted octanol–water partition coefficient (Wildman–Crippen LogP) is 4.72. The second-order valence-electron chi connectivity index (χ2n) is 6.88. The van der Waals surface area contributed by atoms with Gasteiger partial charge >= 0.3 is 0 Å². The van der Waals surface area contributed by atoms with E-state index >= 15 is 0 Å². The summed E-state index contributed by atoms with van der Waals surface area (Å²) in [6.07, 6.45) is 2.38. The summed E-state index contributed by atoms with van der Waals surface area (Å²) in [5.41, 5.74) is 2.99. The van der Waals surface area contributed by atoms with Crippen molar-refractivity contribution in [3.8, 4) is 5.75 Å². The molecule has 0 saturated heterocycles. The minimum atomic E-state index is -0.268. The molecule has 3 rings (SSSR count). The number of hydrogen-bond donors (Lipinski definition) is 2. The molecule has 5 nitrogen and oxygen atoms in total. The van der Waals surface area contributed by atoms with Crippen molar-refractivity contribution in [2.24, 2.45) is 0 Å². The van der Waals surface area contributed by atoms with Crippen LogP contribution >= 0.6 is 0 Å². The number of aromatic nitrogens is 1. The molecule has 6 heteroatoms. The molecule has 0 atom stereocenters. The monoisotopic (exact) mass is 393 g/mol. The van der Waals surface area contributed by atoms with Gasteiger partial charge in [0.15, 0.2) is 0 Å². The average molecular weight is 393 g/mol. The highest BCUT2D eigenvalue weighted by atomic mass is 19.1. The van der Waals surface area contributed by atoms with Crippen LogP contribution in [0, 0.1) is 5.82 Å². The summed E-state index contributed by atoms with van der Waals surface area (Å²) < 4.78 is 18.5. The van der Waals surface area contributed by atoms with Crippen LogP contribution in [0.3, 0.4) is 0 Å². The van der Waals surface area contributed by atoms with Crippen LogP contribution in [-0.4, -0.2) is 23.5 Å². The van der Waals surface area contributed by atoms with E-state index in [0.29, 0.717) is 18.7 Å². The fourth-order valence-corrected chi connectivity index (χ4v) is 2.72. The van der Waals surface area contributed by atoms with Gasteiger partial charge in [-0.2, -0.15) is 0 Å². The molecule has 0 unspecified atom stereocenters. The zero-order valence-electron chi connectivity index (χ0n) is 16.5. The zero-order valence-corrected chi connectivity index (χ0v) is 16.5. The lowest BCUT2D eigenvalue weighted by Crippen LogP contribution is -2.26. The van der Waals surface area contributed by atoms with E-state index in [1.54, 1.807) is 30.5 Å². The van der Waals surface area contributed by atoms with Crippen molar-refractivity contribution in [1.29, 1.82) is 0 Å². The molecule has 0 aliphatic rings. The van der Waals surface area contributed by atoms with Gasteiger partial charge in [0, 0.05) is 12.2 Å². The molecule has 2 aromatic carbocycles. The number of benzene rings is 2. The van der Waals surface area contributed by atoms with E-state index in [1.165, 1.54) is 12.1 Å². The Labute approximate surface area is 169 Å². The highest BCUT2D eigenvalue weighted by Crippen LogP contribution is 2.20. The Morgan fingerprint density at radius 1 is 1.00 bits per heavy atom. The summed E-state index contributed by atoms with van der Waals surface area (Å²) in [5.74, 6) is 0.306. The third-order valence-corrected chi connectivity index (χ3v) is 4.12. The van der Waals surface area contributed by atoms with Gasteiger partial charge in [0.2, 0.25) is 0 Å². The standard InChI is InChI=1S/C23H24FN3O2/c1-16(2)29-21-10-7-19(8-11-21)27-20-9-12-22(26-15-20)23(28)25-14-13-17-3-5-18(24)6-4-17/h3-12,15-16,27H,13-14H2,1-2H3,(H,25,28). The molecule has 0 saturated carbocycles. The van der Waals surface area contributed by atoms with E-state index in [1.807, 2.05) is 38.1 Å². The number of anilines is 2. The molecule has 1 aromatic heterocycles. The molecule has 29 heavy (non-hydrogen) atoms. The Hall–Kier alpha value is -3.41. The average Bonchev–Trinajstić information content (AvgIpc) is 2.71. The predicted molar refractivity (Wildman–Crippen MR) is 112 cm³/mol. The Morgan fingerprint density at radius 3 is 2.31 bits per heavy atom. The number of pyridine rings is 1. The van der Waals surface area contributed by atoms with Crippen molar-refractivity contribution in [3.05, 3.63) is 83.9 Å². The maximum absolute atomic E-state index is 12.9. The number of carbonyl (C=O) groups excluding carboxylic acids is 1. The molecule has 1 heterocycles. The molecule has 0 aliphatic carbocycles. The summed E-state index contributed by atoms with van der Waals surface area (Å²) in [4.78, 5) is 16.4. The van der Waals surface area contributed by atoms with Crippen molar-refractivity contribution >= 4 is 17.3 Å². The maximum atomic E-state index is 12.9. The Bertz CT molecular complexity index is 924. The first kappa shape index (κ1) is 20.3. The van der Waals surface area contributed by atoms with E-state index < -0.39 is 0 Å². The number of halogens is 1. The molecule has 1 amide bonds. The number of rotatable bonds is 8. The second kappa shape index (κ2) is 9.68. The van der Waals surface area contributed by atoms with Gasteiger partial charge in [-0.25, -0.2) is 9.37 Å². The summed E-state index contributed by atoms with van der Waals surface area (Å²) >= 11 is 0. The number of nitrogens with one attached hydrogen (secondary N) is 2. The molecular formula is C23H24FN3O2. The molecule has 0 fully saturated rings. The van der Waals surface area contributed by atoms with Crippen LogP contribution in [0.25, 0.3) is 0 Å². The van der Waals surface area contributed by atoms with Crippen molar-refractivity contribution in [2.45, 2.75) is 26.4 Å². The number of amides is 1. The molecule has 0 spiro atoms. The van der Waals surface area contributed by atoms with Crippen LogP contribution in [-0.2, 0) is 6.42 Å². The van der Waals surface area contributed by atoms with Crippen molar-refractivity contribution in [1.82, 2.24) is 10.3 Å². The normalized spacial score (nSPS) is 10.6. The lowest BCUT2D eigenvalue weighted by atomic mass is 10.1. The van der Waals surface area contributed by atoms with Crippen LogP contribution in [0.4, 0.5) is 15.8 Å². The largest absolute Gasteiger partial charge is 0.491 e. The highest BCUT2D eigenvalue weighted by molar-refractivity contribution is 5.92. The number of nitrogens with zero attached hydrogens (tertiary/aromatic N) is 1. The number of ether oxygens (including phenoxy) is 1. The third-order valence-electron chi connectivity index (χ3n) is 4.12. The summed E-state index contributed by atoms with van der Waals surface area (Å²) in [5, 5.41) is 6.06. The Morgan fingerprint density at radius 2 is 1.69 bits per heavy atom. The van der Waals surface area contributed by atoms with E-state index in [2.05, 4.69) is 15.6 Å². The maximum Gasteiger partial charge on any atom is 0.269 e. The molecule has 3 aromatic rings.